The SMILES string of the molecule is NC1CCc2c(Oc3cc(F)cc(F)c3)ccc(S(=O)(=O)C(F)F)c21. The predicted molar refractivity (Wildman–Crippen MR) is 81.3 cm³/mol. The number of fused-ring (bicyclic) bond motifs is 1. The topological polar surface area (TPSA) is 69.4 Å². The van der Waals surface area contributed by atoms with Crippen LogP contribution < -0.4 is 10.5 Å². The van der Waals surface area contributed by atoms with E-state index >= 15 is 0 Å². The van der Waals surface area contributed by atoms with Crippen LogP contribution in [0.2, 0.25) is 0 Å². The lowest BCUT2D eigenvalue weighted by Gasteiger charge is -2.16. The Balaban J connectivity index is 2.09. The normalized spacial score (nSPS) is 17.0. The minimum Gasteiger partial charge on any atom is -0.457 e. The Morgan fingerprint density at radius 2 is 1.76 bits per heavy atom. The summed E-state index contributed by atoms with van der Waals surface area (Å²) in [5.74, 6) is -5.28. The molecule has 0 aromatic heterocycles. The lowest BCUT2D eigenvalue weighted by atomic mass is 10.1. The second-order valence-corrected chi connectivity index (χ2v) is 7.50. The Bertz CT molecular complexity index is 911. The van der Waals surface area contributed by atoms with Gasteiger partial charge < -0.3 is 10.5 Å². The third-order valence-electron chi connectivity index (χ3n) is 3.96. The molecule has 2 aromatic rings. The van der Waals surface area contributed by atoms with Crippen molar-refractivity contribution in [2.45, 2.75) is 29.5 Å². The summed E-state index contributed by atoms with van der Waals surface area (Å²) in [6.07, 6.45) is 0.648. The molecule has 2 aromatic carbocycles. The van der Waals surface area contributed by atoms with E-state index in [9.17, 15) is 26.0 Å². The van der Waals surface area contributed by atoms with Crippen molar-refractivity contribution in [3.05, 3.63) is 53.1 Å². The number of sulfone groups is 1. The molecule has 1 aliphatic carbocycles. The minimum absolute atomic E-state index is 0.0645. The average Bonchev–Trinajstić information content (AvgIpc) is 2.89. The summed E-state index contributed by atoms with van der Waals surface area (Å²) in [5, 5.41) is 0. The van der Waals surface area contributed by atoms with Crippen molar-refractivity contribution < 1.29 is 30.7 Å². The van der Waals surface area contributed by atoms with Crippen LogP contribution in [0.15, 0.2) is 35.2 Å². The fourth-order valence-corrected chi connectivity index (χ4v) is 3.92. The summed E-state index contributed by atoms with van der Waals surface area (Å²) >= 11 is 0. The van der Waals surface area contributed by atoms with Gasteiger partial charge in [-0.05, 0) is 30.5 Å². The molecule has 0 heterocycles. The van der Waals surface area contributed by atoms with Crippen LogP contribution >= 0.6 is 0 Å². The van der Waals surface area contributed by atoms with Gasteiger partial charge in [0, 0.05) is 29.8 Å². The van der Waals surface area contributed by atoms with Crippen molar-refractivity contribution in [3.63, 3.8) is 0 Å². The van der Waals surface area contributed by atoms with Gasteiger partial charge in [0.15, 0.2) is 0 Å². The second kappa shape index (κ2) is 6.30. The van der Waals surface area contributed by atoms with Gasteiger partial charge in [0.25, 0.3) is 0 Å². The zero-order valence-electron chi connectivity index (χ0n) is 12.7. The van der Waals surface area contributed by atoms with E-state index in [1.807, 2.05) is 0 Å². The first kappa shape index (κ1) is 17.7. The van der Waals surface area contributed by atoms with Crippen molar-refractivity contribution in [1.29, 1.82) is 0 Å². The number of hydrogen-bond acceptors (Lipinski definition) is 4. The quantitative estimate of drug-likeness (QED) is 0.828. The van der Waals surface area contributed by atoms with E-state index in [0.29, 0.717) is 24.5 Å². The van der Waals surface area contributed by atoms with Crippen molar-refractivity contribution in [2.75, 3.05) is 0 Å². The van der Waals surface area contributed by atoms with E-state index < -0.39 is 38.2 Å². The second-order valence-electron chi connectivity index (χ2n) is 5.61. The maximum Gasteiger partial charge on any atom is 0.341 e. The number of hydrogen-bond donors (Lipinski definition) is 1. The van der Waals surface area contributed by atoms with Crippen LogP contribution in [-0.2, 0) is 16.3 Å². The first-order chi connectivity index (χ1) is 11.7. The van der Waals surface area contributed by atoms with Gasteiger partial charge in [-0.3, -0.25) is 0 Å². The highest BCUT2D eigenvalue weighted by Crippen LogP contribution is 2.42. The molecular weight excluding hydrogens is 362 g/mol. The maximum absolute atomic E-state index is 13.3. The van der Waals surface area contributed by atoms with Gasteiger partial charge in [0.05, 0.1) is 4.90 Å². The molecule has 4 nitrogen and oxygen atoms in total. The Kier molecular flexibility index (Phi) is 4.46. The van der Waals surface area contributed by atoms with Crippen molar-refractivity contribution >= 4 is 9.84 Å². The lowest BCUT2D eigenvalue weighted by molar-refractivity contribution is 0.234. The van der Waals surface area contributed by atoms with E-state index in [1.54, 1.807) is 0 Å². The van der Waals surface area contributed by atoms with Crippen LogP contribution in [0.1, 0.15) is 23.6 Å². The van der Waals surface area contributed by atoms with Crippen molar-refractivity contribution in [1.82, 2.24) is 0 Å². The fourth-order valence-electron chi connectivity index (χ4n) is 2.89. The third-order valence-corrected chi connectivity index (χ3v) is 5.39. The van der Waals surface area contributed by atoms with Gasteiger partial charge in [-0.15, -0.1) is 0 Å². The molecule has 0 radical (unpaired) electrons. The lowest BCUT2D eigenvalue weighted by Crippen LogP contribution is -2.17. The molecule has 1 aliphatic rings. The van der Waals surface area contributed by atoms with Crippen LogP contribution in [0.25, 0.3) is 0 Å². The number of halogens is 4. The minimum atomic E-state index is -4.83. The van der Waals surface area contributed by atoms with Crippen LogP contribution in [-0.4, -0.2) is 14.2 Å². The van der Waals surface area contributed by atoms with Gasteiger partial charge >= 0.3 is 5.76 Å². The Morgan fingerprint density at radius 1 is 1.12 bits per heavy atom. The van der Waals surface area contributed by atoms with Crippen LogP contribution in [0.4, 0.5) is 17.6 Å². The number of nitrogens with two attached hydrogens (primary N) is 1. The summed E-state index contributed by atoms with van der Waals surface area (Å²) in [6, 6.07) is 4.01. The zero-order chi connectivity index (χ0) is 18.4. The largest absolute Gasteiger partial charge is 0.457 e. The summed E-state index contributed by atoms with van der Waals surface area (Å²) in [6.45, 7) is 0. The first-order valence-corrected chi connectivity index (χ1v) is 8.82. The summed E-state index contributed by atoms with van der Waals surface area (Å²) in [5.41, 5.74) is 6.28. The molecule has 2 N–H and O–H groups in total. The molecule has 0 amide bonds. The molecule has 0 spiro atoms. The van der Waals surface area contributed by atoms with Crippen LogP contribution in [0.5, 0.6) is 11.5 Å². The Labute approximate surface area is 141 Å². The van der Waals surface area contributed by atoms with Crippen LogP contribution in [0.3, 0.4) is 0 Å². The summed E-state index contributed by atoms with van der Waals surface area (Å²) in [4.78, 5) is -0.541. The molecule has 9 heteroatoms. The van der Waals surface area contributed by atoms with E-state index in [1.165, 1.54) is 6.07 Å². The first-order valence-electron chi connectivity index (χ1n) is 7.27. The van der Waals surface area contributed by atoms with Gasteiger partial charge in [-0.2, -0.15) is 8.78 Å². The van der Waals surface area contributed by atoms with Crippen LogP contribution in [0, 0.1) is 11.6 Å². The van der Waals surface area contributed by atoms with Gasteiger partial charge in [-0.1, -0.05) is 0 Å². The molecule has 25 heavy (non-hydrogen) atoms. The third kappa shape index (κ3) is 3.21. The van der Waals surface area contributed by atoms with E-state index in [-0.39, 0.29) is 17.1 Å². The standard InChI is InChI=1S/C16H13F4NO3S/c17-8-5-9(18)7-10(6-8)24-13-3-4-14(25(22,23)16(19)20)15-11(13)1-2-12(15)21/h3-7,12,16H,1-2,21H2. The fraction of sp³-hybridized carbons (Fsp3) is 0.250. The molecule has 1 atom stereocenters. The predicted octanol–water partition coefficient (Wildman–Crippen LogP) is 3.70. The number of ether oxygens (including phenoxy) is 1. The smallest absolute Gasteiger partial charge is 0.341 e. The highest BCUT2D eigenvalue weighted by molar-refractivity contribution is 7.91. The molecule has 0 bridgehead atoms. The molecule has 0 saturated heterocycles. The molecular formula is C16H13F4NO3S. The molecule has 1 unspecified atom stereocenters. The summed E-state index contributed by atoms with van der Waals surface area (Å²) < 4.78 is 81.5. The van der Waals surface area contributed by atoms with Gasteiger partial charge in [-0.25, -0.2) is 17.2 Å². The number of rotatable bonds is 4. The average molecular weight is 375 g/mol. The highest BCUT2D eigenvalue weighted by Gasteiger charge is 2.35. The molecule has 0 fully saturated rings. The van der Waals surface area contributed by atoms with Gasteiger partial charge in [0.2, 0.25) is 9.84 Å². The Morgan fingerprint density at radius 3 is 2.36 bits per heavy atom. The summed E-state index contributed by atoms with van der Waals surface area (Å²) in [7, 11) is -4.83. The monoisotopic (exact) mass is 375 g/mol. The van der Waals surface area contributed by atoms with Crippen molar-refractivity contribution in [3.8, 4) is 11.5 Å². The molecule has 0 aliphatic heterocycles. The van der Waals surface area contributed by atoms with E-state index in [2.05, 4.69) is 0 Å². The van der Waals surface area contributed by atoms with Crippen molar-refractivity contribution in [2.24, 2.45) is 5.73 Å². The molecule has 3 rings (SSSR count). The zero-order valence-corrected chi connectivity index (χ0v) is 13.5. The number of benzene rings is 2. The number of alkyl halides is 2. The van der Waals surface area contributed by atoms with E-state index in [4.69, 9.17) is 10.5 Å². The van der Waals surface area contributed by atoms with E-state index in [0.717, 1.165) is 18.2 Å². The maximum atomic E-state index is 13.3. The highest BCUT2D eigenvalue weighted by atomic mass is 32.2. The van der Waals surface area contributed by atoms with Gasteiger partial charge in [0.1, 0.15) is 23.1 Å². The molecule has 0 saturated carbocycles. The Hall–Kier alpha value is -2.13. The molecule has 134 valence electrons.